The van der Waals surface area contributed by atoms with Crippen LogP contribution in [-0.2, 0) is 6.54 Å². The second-order valence-electron chi connectivity index (χ2n) is 3.91. The second-order valence-corrected chi connectivity index (χ2v) is 4.76. The zero-order valence-electron chi connectivity index (χ0n) is 8.78. The molecule has 1 aliphatic carbocycles. The second kappa shape index (κ2) is 4.74. The highest BCUT2D eigenvalue weighted by molar-refractivity contribution is 9.10. The Labute approximate surface area is 103 Å². The number of aromatic hydroxyl groups is 1. The van der Waals surface area contributed by atoms with E-state index in [9.17, 15) is 5.11 Å². The lowest BCUT2D eigenvalue weighted by Gasteiger charge is -2.04. The number of rotatable bonds is 3. The molecule has 0 aromatic heterocycles. The number of aliphatic imine (C=N–C) groups is 1. The topological polar surface area (TPSA) is 70.6 Å². The van der Waals surface area contributed by atoms with Gasteiger partial charge in [0.2, 0.25) is 0 Å². The predicted molar refractivity (Wildman–Crippen MR) is 67.3 cm³/mol. The van der Waals surface area contributed by atoms with Crippen LogP contribution in [0.1, 0.15) is 18.4 Å². The quantitative estimate of drug-likeness (QED) is 0.584. The van der Waals surface area contributed by atoms with E-state index in [4.69, 9.17) is 5.73 Å². The first kappa shape index (κ1) is 11.3. The summed E-state index contributed by atoms with van der Waals surface area (Å²) < 4.78 is 0.675. The van der Waals surface area contributed by atoms with Crippen LogP contribution in [0, 0.1) is 0 Å². The third-order valence-corrected chi connectivity index (χ3v) is 3.01. The summed E-state index contributed by atoms with van der Waals surface area (Å²) >= 11 is 3.26. The van der Waals surface area contributed by atoms with Gasteiger partial charge in [-0.2, -0.15) is 0 Å². The fourth-order valence-electron chi connectivity index (χ4n) is 1.31. The largest absolute Gasteiger partial charge is 0.507 e. The standard InChI is InChI=1S/C11H14BrN3O/c12-9-5-7(1-4-10(9)16)6-14-11(13)15-8-2-3-8/h1,4-5,8,16H,2-3,6H2,(H3,13,14,15). The molecule has 1 aromatic carbocycles. The number of nitrogens with zero attached hydrogens (tertiary/aromatic N) is 1. The first-order valence-electron chi connectivity index (χ1n) is 5.19. The average Bonchev–Trinajstić information content (AvgIpc) is 3.04. The molecule has 16 heavy (non-hydrogen) atoms. The van der Waals surface area contributed by atoms with Crippen LogP contribution in [0.3, 0.4) is 0 Å². The summed E-state index contributed by atoms with van der Waals surface area (Å²) in [6, 6.07) is 5.83. The van der Waals surface area contributed by atoms with Gasteiger partial charge in [0.25, 0.3) is 0 Å². The lowest BCUT2D eigenvalue weighted by molar-refractivity contribution is 0.471. The van der Waals surface area contributed by atoms with Gasteiger partial charge in [-0.15, -0.1) is 0 Å². The van der Waals surface area contributed by atoms with Crippen LogP contribution in [0.2, 0.25) is 0 Å². The fraction of sp³-hybridized carbons (Fsp3) is 0.364. The minimum absolute atomic E-state index is 0.233. The van der Waals surface area contributed by atoms with Gasteiger partial charge < -0.3 is 16.2 Å². The van der Waals surface area contributed by atoms with E-state index in [0.717, 1.165) is 5.56 Å². The highest BCUT2D eigenvalue weighted by atomic mass is 79.9. The Kier molecular flexibility index (Phi) is 3.33. The maximum atomic E-state index is 9.33. The monoisotopic (exact) mass is 283 g/mol. The summed E-state index contributed by atoms with van der Waals surface area (Å²) in [5.41, 5.74) is 6.71. The van der Waals surface area contributed by atoms with E-state index in [2.05, 4.69) is 26.2 Å². The van der Waals surface area contributed by atoms with E-state index < -0.39 is 0 Å². The molecule has 86 valence electrons. The summed E-state index contributed by atoms with van der Waals surface area (Å²) in [5, 5.41) is 12.4. The lowest BCUT2D eigenvalue weighted by Crippen LogP contribution is -2.33. The van der Waals surface area contributed by atoms with E-state index in [1.165, 1.54) is 12.8 Å². The van der Waals surface area contributed by atoms with Crippen molar-refractivity contribution in [3.63, 3.8) is 0 Å². The SMILES string of the molecule is NC(=NCc1ccc(O)c(Br)c1)NC1CC1. The zero-order valence-corrected chi connectivity index (χ0v) is 10.4. The summed E-state index contributed by atoms with van der Waals surface area (Å²) in [6.07, 6.45) is 2.36. The molecule has 0 aliphatic heterocycles. The Balaban J connectivity index is 1.94. The van der Waals surface area contributed by atoms with Gasteiger partial charge >= 0.3 is 0 Å². The van der Waals surface area contributed by atoms with Gasteiger partial charge in [-0.25, -0.2) is 4.99 Å². The third-order valence-electron chi connectivity index (χ3n) is 2.37. The fourth-order valence-corrected chi connectivity index (χ4v) is 1.73. The van der Waals surface area contributed by atoms with Crippen LogP contribution in [-0.4, -0.2) is 17.1 Å². The molecule has 1 fully saturated rings. The van der Waals surface area contributed by atoms with Crippen LogP contribution >= 0.6 is 15.9 Å². The van der Waals surface area contributed by atoms with Crippen molar-refractivity contribution < 1.29 is 5.11 Å². The van der Waals surface area contributed by atoms with Crippen LogP contribution in [0.25, 0.3) is 0 Å². The number of hydrogen-bond acceptors (Lipinski definition) is 2. The van der Waals surface area contributed by atoms with Crippen molar-refractivity contribution in [2.24, 2.45) is 10.7 Å². The van der Waals surface area contributed by atoms with E-state index in [1.54, 1.807) is 6.07 Å². The molecular formula is C11H14BrN3O. The van der Waals surface area contributed by atoms with E-state index in [0.29, 0.717) is 23.0 Å². The average molecular weight is 284 g/mol. The van der Waals surface area contributed by atoms with Gasteiger partial charge in [-0.1, -0.05) is 6.07 Å². The molecule has 4 nitrogen and oxygen atoms in total. The number of halogens is 1. The van der Waals surface area contributed by atoms with Crippen LogP contribution < -0.4 is 11.1 Å². The highest BCUT2D eigenvalue weighted by Crippen LogP contribution is 2.24. The molecule has 0 saturated heterocycles. The van der Waals surface area contributed by atoms with Crippen molar-refractivity contribution in [3.05, 3.63) is 28.2 Å². The molecule has 0 unspecified atom stereocenters. The van der Waals surface area contributed by atoms with Gasteiger partial charge in [0.05, 0.1) is 11.0 Å². The Bertz CT molecular complexity index is 416. The molecule has 2 rings (SSSR count). The van der Waals surface area contributed by atoms with Crippen LogP contribution in [0.15, 0.2) is 27.7 Å². The van der Waals surface area contributed by atoms with Gasteiger partial charge in [0.15, 0.2) is 5.96 Å². The predicted octanol–water partition coefficient (Wildman–Crippen LogP) is 1.72. The normalized spacial score (nSPS) is 16.2. The molecule has 0 amide bonds. The number of phenols is 1. The van der Waals surface area contributed by atoms with Crippen molar-refractivity contribution in [1.29, 1.82) is 0 Å². The molecular weight excluding hydrogens is 270 g/mol. The maximum absolute atomic E-state index is 9.33. The lowest BCUT2D eigenvalue weighted by atomic mass is 10.2. The van der Waals surface area contributed by atoms with Crippen LogP contribution in [0.5, 0.6) is 5.75 Å². The van der Waals surface area contributed by atoms with Gasteiger partial charge in [-0.05, 0) is 46.5 Å². The van der Waals surface area contributed by atoms with E-state index in [-0.39, 0.29) is 5.75 Å². The van der Waals surface area contributed by atoms with E-state index in [1.807, 2.05) is 12.1 Å². The third kappa shape index (κ3) is 3.13. The molecule has 5 heteroatoms. The summed E-state index contributed by atoms with van der Waals surface area (Å²) in [7, 11) is 0. The molecule has 0 heterocycles. The first-order valence-corrected chi connectivity index (χ1v) is 5.98. The van der Waals surface area contributed by atoms with Gasteiger partial charge in [0, 0.05) is 6.04 Å². The number of benzene rings is 1. The molecule has 1 aliphatic rings. The first-order chi connectivity index (χ1) is 7.65. The Morgan fingerprint density at radius 2 is 2.31 bits per heavy atom. The van der Waals surface area contributed by atoms with Crippen LogP contribution in [0.4, 0.5) is 0 Å². The number of guanidine groups is 1. The Hall–Kier alpha value is -1.23. The number of hydrogen-bond donors (Lipinski definition) is 3. The summed E-state index contributed by atoms with van der Waals surface area (Å²) in [6.45, 7) is 0.518. The molecule has 0 bridgehead atoms. The van der Waals surface area contributed by atoms with Crippen molar-refractivity contribution in [3.8, 4) is 5.75 Å². The van der Waals surface area contributed by atoms with Gasteiger partial charge in [-0.3, -0.25) is 0 Å². The molecule has 0 spiro atoms. The minimum Gasteiger partial charge on any atom is -0.507 e. The number of nitrogens with two attached hydrogens (primary N) is 1. The van der Waals surface area contributed by atoms with Crippen molar-refractivity contribution in [1.82, 2.24) is 5.32 Å². The van der Waals surface area contributed by atoms with Crippen molar-refractivity contribution >= 4 is 21.9 Å². The Morgan fingerprint density at radius 1 is 1.56 bits per heavy atom. The minimum atomic E-state index is 0.233. The highest BCUT2D eigenvalue weighted by Gasteiger charge is 2.21. The molecule has 0 atom stereocenters. The van der Waals surface area contributed by atoms with Gasteiger partial charge in [0.1, 0.15) is 5.75 Å². The number of nitrogens with one attached hydrogen (secondary N) is 1. The zero-order chi connectivity index (χ0) is 11.5. The number of phenolic OH excluding ortho intramolecular Hbond substituents is 1. The summed E-state index contributed by atoms with van der Waals surface area (Å²) in [5.74, 6) is 0.725. The van der Waals surface area contributed by atoms with Crippen molar-refractivity contribution in [2.75, 3.05) is 0 Å². The Morgan fingerprint density at radius 3 is 2.94 bits per heavy atom. The smallest absolute Gasteiger partial charge is 0.189 e. The molecule has 1 aromatic rings. The molecule has 4 N–H and O–H groups in total. The molecule has 1 saturated carbocycles. The van der Waals surface area contributed by atoms with E-state index >= 15 is 0 Å². The maximum Gasteiger partial charge on any atom is 0.189 e. The van der Waals surface area contributed by atoms with Crippen molar-refractivity contribution in [2.45, 2.75) is 25.4 Å². The summed E-state index contributed by atoms with van der Waals surface area (Å²) in [4.78, 5) is 4.23. The molecule has 0 radical (unpaired) electrons.